The summed E-state index contributed by atoms with van der Waals surface area (Å²) in [6, 6.07) is 2.34. The molecule has 1 nitrogen and oxygen atoms in total. The second-order valence-electron chi connectivity index (χ2n) is 3.02. The van der Waals surface area contributed by atoms with Gasteiger partial charge in [-0.2, -0.15) is 5.26 Å². The molecular weight excluding hydrogens is 110 g/mol. The van der Waals surface area contributed by atoms with Crippen molar-refractivity contribution in [2.75, 3.05) is 0 Å². The van der Waals surface area contributed by atoms with Crippen LogP contribution in [0.25, 0.3) is 0 Å². The molecule has 0 aromatic rings. The smallest absolute Gasteiger partial charge is 0.0662 e. The number of hydrogen-bond acceptors (Lipinski definition) is 1. The van der Waals surface area contributed by atoms with Gasteiger partial charge in [-0.15, -0.1) is 0 Å². The first kappa shape index (κ1) is 5.05. The highest BCUT2D eigenvalue weighted by molar-refractivity contribution is 5.14. The Bertz CT molecular complexity index is 187. The molecule has 0 aromatic heterocycles. The van der Waals surface area contributed by atoms with Gasteiger partial charge < -0.3 is 0 Å². The summed E-state index contributed by atoms with van der Waals surface area (Å²) >= 11 is 0. The van der Waals surface area contributed by atoms with Crippen LogP contribution >= 0.6 is 0 Å². The minimum absolute atomic E-state index is 0.347. The fourth-order valence-electron chi connectivity index (χ4n) is 1.93. The van der Waals surface area contributed by atoms with E-state index in [4.69, 9.17) is 5.26 Å². The molecule has 0 heterocycles. The molecule has 0 saturated heterocycles. The van der Waals surface area contributed by atoms with Crippen molar-refractivity contribution >= 4 is 0 Å². The third kappa shape index (κ3) is 0.595. The van der Waals surface area contributed by atoms with Gasteiger partial charge in [-0.05, 0) is 24.7 Å². The molecule has 3 atom stereocenters. The molecule has 0 radical (unpaired) electrons. The molecule has 0 spiro atoms. The Morgan fingerprint density at radius 3 is 2.56 bits per heavy atom. The molecule has 1 fully saturated rings. The number of fused-ring (bicyclic) bond motifs is 2. The van der Waals surface area contributed by atoms with E-state index < -0.39 is 0 Å². The standard InChI is InChI=1S/C8H9N/c9-5-8-4-6-1-2-7(8)3-6/h1-2,6-8H,3-4H2/t6-,7-,8-/m1/s1. The minimum Gasteiger partial charge on any atom is -0.198 e. The summed E-state index contributed by atoms with van der Waals surface area (Å²) in [4.78, 5) is 0. The summed E-state index contributed by atoms with van der Waals surface area (Å²) in [5.41, 5.74) is 0. The van der Waals surface area contributed by atoms with E-state index in [-0.39, 0.29) is 0 Å². The van der Waals surface area contributed by atoms with Crippen molar-refractivity contribution in [1.82, 2.24) is 0 Å². The molecule has 2 aliphatic carbocycles. The summed E-state index contributed by atoms with van der Waals surface area (Å²) in [5, 5.41) is 8.60. The highest BCUT2D eigenvalue weighted by Crippen LogP contribution is 2.42. The van der Waals surface area contributed by atoms with E-state index in [1.807, 2.05) is 0 Å². The van der Waals surface area contributed by atoms with E-state index in [1.165, 1.54) is 6.42 Å². The van der Waals surface area contributed by atoms with Crippen LogP contribution < -0.4 is 0 Å². The van der Waals surface area contributed by atoms with Crippen molar-refractivity contribution in [3.8, 4) is 6.07 Å². The Balaban J connectivity index is 2.22. The van der Waals surface area contributed by atoms with E-state index >= 15 is 0 Å². The Kier molecular flexibility index (Phi) is 0.900. The van der Waals surface area contributed by atoms with Gasteiger partial charge in [0, 0.05) is 0 Å². The maximum atomic E-state index is 8.60. The summed E-state index contributed by atoms with van der Waals surface area (Å²) in [6.07, 6.45) is 6.84. The summed E-state index contributed by atoms with van der Waals surface area (Å²) in [5.74, 6) is 1.71. The van der Waals surface area contributed by atoms with E-state index in [1.54, 1.807) is 0 Å². The molecule has 2 aliphatic rings. The molecule has 2 bridgehead atoms. The number of hydrogen-bond donors (Lipinski definition) is 0. The number of rotatable bonds is 0. The van der Waals surface area contributed by atoms with Crippen LogP contribution in [0.3, 0.4) is 0 Å². The Labute approximate surface area is 55.0 Å². The van der Waals surface area contributed by atoms with Gasteiger partial charge in [0.2, 0.25) is 0 Å². The SMILES string of the molecule is N#C[C@H]1C[C@@H]2C=C[C@@H]1C2. The van der Waals surface area contributed by atoms with Gasteiger partial charge >= 0.3 is 0 Å². The summed E-state index contributed by atoms with van der Waals surface area (Å²) in [7, 11) is 0. The van der Waals surface area contributed by atoms with Gasteiger partial charge in [-0.3, -0.25) is 0 Å². The van der Waals surface area contributed by atoms with Crippen molar-refractivity contribution in [2.45, 2.75) is 12.8 Å². The first-order valence-electron chi connectivity index (χ1n) is 3.48. The van der Waals surface area contributed by atoms with Crippen molar-refractivity contribution in [1.29, 1.82) is 5.26 Å². The minimum atomic E-state index is 0.347. The second-order valence-corrected chi connectivity index (χ2v) is 3.02. The lowest BCUT2D eigenvalue weighted by Gasteiger charge is -2.06. The lowest BCUT2D eigenvalue weighted by atomic mass is 9.95. The van der Waals surface area contributed by atoms with E-state index in [9.17, 15) is 0 Å². The molecular formula is C8H9N. The van der Waals surface area contributed by atoms with Crippen LogP contribution in [-0.4, -0.2) is 0 Å². The van der Waals surface area contributed by atoms with Gasteiger partial charge in [-0.25, -0.2) is 0 Å². The quantitative estimate of drug-likeness (QED) is 0.445. The van der Waals surface area contributed by atoms with Crippen molar-refractivity contribution < 1.29 is 0 Å². The van der Waals surface area contributed by atoms with Gasteiger partial charge in [0.1, 0.15) is 0 Å². The van der Waals surface area contributed by atoms with E-state index in [2.05, 4.69) is 18.2 Å². The van der Waals surface area contributed by atoms with Crippen molar-refractivity contribution in [3.63, 3.8) is 0 Å². The Morgan fingerprint density at radius 2 is 2.22 bits per heavy atom. The van der Waals surface area contributed by atoms with Crippen LogP contribution in [-0.2, 0) is 0 Å². The summed E-state index contributed by atoms with van der Waals surface area (Å²) < 4.78 is 0. The predicted molar refractivity (Wildman–Crippen MR) is 34.5 cm³/mol. The maximum absolute atomic E-state index is 8.60. The van der Waals surface area contributed by atoms with Crippen LogP contribution in [0.2, 0.25) is 0 Å². The molecule has 1 saturated carbocycles. The maximum Gasteiger partial charge on any atom is 0.0662 e. The van der Waals surface area contributed by atoms with Gasteiger partial charge in [0.25, 0.3) is 0 Å². The zero-order chi connectivity index (χ0) is 6.27. The molecule has 46 valence electrons. The van der Waals surface area contributed by atoms with Gasteiger partial charge in [0.15, 0.2) is 0 Å². The monoisotopic (exact) mass is 119 g/mol. The molecule has 0 aromatic carbocycles. The lowest BCUT2D eigenvalue weighted by molar-refractivity contribution is 0.563. The molecule has 0 unspecified atom stereocenters. The third-order valence-corrected chi connectivity index (χ3v) is 2.44. The molecule has 0 amide bonds. The Morgan fingerprint density at radius 1 is 1.33 bits per heavy atom. The molecule has 0 aliphatic heterocycles. The van der Waals surface area contributed by atoms with Crippen LogP contribution in [0.15, 0.2) is 12.2 Å². The van der Waals surface area contributed by atoms with Crippen LogP contribution in [0.1, 0.15) is 12.8 Å². The second kappa shape index (κ2) is 1.60. The third-order valence-electron chi connectivity index (χ3n) is 2.44. The first-order chi connectivity index (χ1) is 4.40. The highest BCUT2D eigenvalue weighted by atomic mass is 14.4. The lowest BCUT2D eigenvalue weighted by Crippen LogP contribution is -2.02. The predicted octanol–water partition coefficient (Wildman–Crippen LogP) is 1.72. The normalized spacial score (nSPS) is 45.4. The topological polar surface area (TPSA) is 23.8 Å². The summed E-state index contributed by atoms with van der Waals surface area (Å²) in [6.45, 7) is 0. The van der Waals surface area contributed by atoms with E-state index in [0.717, 1.165) is 12.3 Å². The average Bonchev–Trinajstić information content (AvgIpc) is 2.45. The molecule has 1 heteroatoms. The molecule has 0 N–H and O–H groups in total. The number of allylic oxidation sites excluding steroid dienone is 2. The van der Waals surface area contributed by atoms with Crippen LogP contribution in [0, 0.1) is 29.1 Å². The van der Waals surface area contributed by atoms with Crippen LogP contribution in [0.5, 0.6) is 0 Å². The van der Waals surface area contributed by atoms with Crippen molar-refractivity contribution in [2.24, 2.45) is 17.8 Å². The average molecular weight is 119 g/mol. The fraction of sp³-hybridized carbons (Fsp3) is 0.625. The van der Waals surface area contributed by atoms with E-state index in [0.29, 0.717) is 11.8 Å². The van der Waals surface area contributed by atoms with Gasteiger partial charge in [0.05, 0.1) is 12.0 Å². The highest BCUT2D eigenvalue weighted by Gasteiger charge is 2.35. The van der Waals surface area contributed by atoms with Gasteiger partial charge in [-0.1, -0.05) is 12.2 Å². The Hall–Kier alpha value is -0.770. The number of nitriles is 1. The first-order valence-corrected chi connectivity index (χ1v) is 3.48. The molecule has 9 heavy (non-hydrogen) atoms. The van der Waals surface area contributed by atoms with Crippen LogP contribution in [0.4, 0.5) is 0 Å². The van der Waals surface area contributed by atoms with Crippen molar-refractivity contribution in [3.05, 3.63) is 12.2 Å². The zero-order valence-electron chi connectivity index (χ0n) is 5.25. The largest absolute Gasteiger partial charge is 0.198 e. The molecule has 2 rings (SSSR count). The number of nitrogens with zero attached hydrogens (tertiary/aromatic N) is 1. The fourth-order valence-corrected chi connectivity index (χ4v) is 1.93. The zero-order valence-corrected chi connectivity index (χ0v) is 5.25.